The van der Waals surface area contributed by atoms with E-state index in [9.17, 15) is 9.59 Å². The molecule has 0 amide bonds. The Hall–Kier alpha value is -1.98. The number of nitrogens with two attached hydrogens (primary N) is 1. The normalized spacial score (nSPS) is 11.8. The fraction of sp³-hybridized carbons (Fsp3) is 0.259. The summed E-state index contributed by atoms with van der Waals surface area (Å²) in [6.07, 6.45) is 2.78. The van der Waals surface area contributed by atoms with Crippen LogP contribution in [0.2, 0.25) is 0 Å². The standard InChI is InChI=1S/C27H31NO3PS.BrH/c1-33-21-25(28)26(29)17-18-27(30)31-19-20-32(22-11-5-2-6-12-22,23-13-7-3-8-14-23)24-15-9-4-10-16-24;/h2-16,25H,17-21,28H2,1H3;1H/q+1;/p-1/t25-;/m0./s1. The molecule has 0 aliphatic carbocycles. The lowest BCUT2D eigenvalue weighted by Gasteiger charge is -2.27. The lowest BCUT2D eigenvalue weighted by atomic mass is 10.1. The van der Waals surface area contributed by atoms with Crippen LogP contribution in [0.3, 0.4) is 0 Å². The zero-order valence-electron chi connectivity index (χ0n) is 19.3. The molecule has 0 fully saturated rings. The molecule has 0 radical (unpaired) electrons. The number of carbonyl (C=O) groups excluding carboxylic acids is 2. The maximum Gasteiger partial charge on any atom is 0.306 e. The van der Waals surface area contributed by atoms with Gasteiger partial charge in [-0.1, -0.05) is 54.6 Å². The predicted molar refractivity (Wildman–Crippen MR) is 142 cm³/mol. The third kappa shape index (κ3) is 7.26. The molecule has 4 nitrogen and oxygen atoms in total. The average molecular weight is 560 g/mol. The Kier molecular flexibility index (Phi) is 12.0. The number of esters is 1. The summed E-state index contributed by atoms with van der Waals surface area (Å²) in [4.78, 5) is 24.5. The van der Waals surface area contributed by atoms with Gasteiger partial charge in [0.2, 0.25) is 0 Å². The minimum Gasteiger partial charge on any atom is -1.00 e. The van der Waals surface area contributed by atoms with Crippen LogP contribution in [0.15, 0.2) is 91.0 Å². The molecular formula is C27H31BrNO3PS. The first-order chi connectivity index (χ1) is 16.1. The molecule has 2 N–H and O–H groups in total. The molecule has 0 aliphatic heterocycles. The van der Waals surface area contributed by atoms with Gasteiger partial charge < -0.3 is 27.5 Å². The summed E-state index contributed by atoms with van der Waals surface area (Å²) < 4.78 is 5.64. The monoisotopic (exact) mass is 559 g/mol. The number of hydrogen-bond donors (Lipinski definition) is 1. The third-order valence-corrected chi connectivity index (χ3v) is 10.7. The zero-order valence-corrected chi connectivity index (χ0v) is 22.6. The van der Waals surface area contributed by atoms with Crippen LogP contribution in [0.5, 0.6) is 0 Å². The van der Waals surface area contributed by atoms with Crippen molar-refractivity contribution < 1.29 is 31.3 Å². The van der Waals surface area contributed by atoms with Crippen molar-refractivity contribution in [2.45, 2.75) is 18.9 Å². The maximum absolute atomic E-state index is 12.4. The van der Waals surface area contributed by atoms with Crippen LogP contribution >= 0.6 is 19.0 Å². The van der Waals surface area contributed by atoms with Crippen molar-refractivity contribution in [1.29, 1.82) is 0 Å². The molecule has 3 aromatic carbocycles. The summed E-state index contributed by atoms with van der Waals surface area (Å²) in [7, 11) is -2.04. The highest BCUT2D eigenvalue weighted by Gasteiger charge is 2.45. The van der Waals surface area contributed by atoms with Crippen LogP contribution in [0, 0.1) is 0 Å². The van der Waals surface area contributed by atoms with Crippen molar-refractivity contribution in [2.75, 3.05) is 24.8 Å². The van der Waals surface area contributed by atoms with Gasteiger partial charge in [0.25, 0.3) is 0 Å². The second-order valence-electron chi connectivity index (χ2n) is 7.79. The molecule has 0 bridgehead atoms. The topological polar surface area (TPSA) is 69.4 Å². The summed E-state index contributed by atoms with van der Waals surface area (Å²) in [5.74, 6) is 0.111. The number of halogens is 1. The van der Waals surface area contributed by atoms with Crippen molar-refractivity contribution in [1.82, 2.24) is 0 Å². The third-order valence-electron chi connectivity index (χ3n) is 5.62. The molecule has 3 aromatic rings. The second-order valence-corrected chi connectivity index (χ2v) is 12.3. The van der Waals surface area contributed by atoms with Gasteiger partial charge in [-0.2, -0.15) is 11.8 Å². The van der Waals surface area contributed by atoms with E-state index in [-0.39, 0.29) is 48.2 Å². The molecule has 7 heteroatoms. The molecular weight excluding hydrogens is 529 g/mol. The summed E-state index contributed by atoms with van der Waals surface area (Å²) in [5, 5.41) is 3.74. The molecule has 3 rings (SSSR count). The van der Waals surface area contributed by atoms with Crippen LogP contribution in [0.1, 0.15) is 12.8 Å². The fourth-order valence-corrected chi connectivity index (χ4v) is 8.56. The first-order valence-electron chi connectivity index (χ1n) is 11.1. The van der Waals surface area contributed by atoms with Crippen molar-refractivity contribution in [3.05, 3.63) is 91.0 Å². The zero-order chi connectivity index (χ0) is 23.5. The van der Waals surface area contributed by atoms with Crippen LogP contribution < -0.4 is 38.6 Å². The number of ketones is 1. The summed E-state index contributed by atoms with van der Waals surface area (Å²) in [5.41, 5.74) is 5.85. The summed E-state index contributed by atoms with van der Waals surface area (Å²) >= 11 is 1.52. The van der Waals surface area contributed by atoms with Gasteiger partial charge in [-0.3, -0.25) is 9.59 Å². The van der Waals surface area contributed by atoms with Crippen LogP contribution in [-0.4, -0.2) is 42.6 Å². The van der Waals surface area contributed by atoms with Gasteiger partial charge in [0.05, 0.1) is 12.5 Å². The Morgan fingerprint density at radius 3 is 1.68 bits per heavy atom. The van der Waals surface area contributed by atoms with E-state index in [2.05, 4.69) is 72.8 Å². The molecule has 180 valence electrons. The molecule has 0 unspecified atom stereocenters. The minimum absolute atomic E-state index is 0. The summed E-state index contributed by atoms with van der Waals surface area (Å²) in [6.45, 7) is 0.288. The number of hydrogen-bond acceptors (Lipinski definition) is 5. The molecule has 0 aromatic heterocycles. The van der Waals surface area contributed by atoms with E-state index < -0.39 is 13.3 Å². The van der Waals surface area contributed by atoms with Crippen molar-refractivity contribution >= 4 is 46.7 Å². The van der Waals surface area contributed by atoms with Crippen LogP contribution in [-0.2, 0) is 14.3 Å². The van der Waals surface area contributed by atoms with Gasteiger partial charge in [-0.15, -0.1) is 0 Å². The fourth-order valence-electron chi connectivity index (χ4n) is 3.93. The molecule has 0 saturated heterocycles. The maximum atomic E-state index is 12.4. The van der Waals surface area contributed by atoms with Crippen molar-refractivity contribution in [3.63, 3.8) is 0 Å². The Balaban J connectivity index is 0.00000408. The molecule has 0 spiro atoms. The second kappa shape index (κ2) is 14.4. The first-order valence-corrected chi connectivity index (χ1v) is 14.4. The highest BCUT2D eigenvalue weighted by atomic mass is 79.9. The molecule has 34 heavy (non-hydrogen) atoms. The number of Topliss-reactive ketones (excluding diaryl/α,β-unsaturated/α-hetero) is 1. The first kappa shape index (κ1) is 28.3. The van der Waals surface area contributed by atoms with Gasteiger partial charge in [0.1, 0.15) is 35.9 Å². The molecule has 1 atom stereocenters. The minimum atomic E-state index is -2.04. The quantitative estimate of drug-likeness (QED) is 0.259. The largest absolute Gasteiger partial charge is 1.00 e. The Bertz CT molecular complexity index is 925. The van der Waals surface area contributed by atoms with E-state index in [0.717, 1.165) is 0 Å². The van der Waals surface area contributed by atoms with E-state index in [1.807, 2.05) is 24.5 Å². The van der Waals surface area contributed by atoms with Crippen molar-refractivity contribution in [2.24, 2.45) is 5.73 Å². The smallest absolute Gasteiger partial charge is 0.306 e. The van der Waals surface area contributed by atoms with Crippen LogP contribution in [0.25, 0.3) is 0 Å². The highest BCUT2D eigenvalue weighted by Crippen LogP contribution is 2.54. The average Bonchev–Trinajstić information content (AvgIpc) is 2.87. The van der Waals surface area contributed by atoms with Gasteiger partial charge >= 0.3 is 5.97 Å². The van der Waals surface area contributed by atoms with Gasteiger partial charge in [-0.25, -0.2) is 0 Å². The molecule has 0 saturated carbocycles. The van der Waals surface area contributed by atoms with E-state index in [0.29, 0.717) is 11.9 Å². The van der Waals surface area contributed by atoms with E-state index in [1.54, 1.807) is 0 Å². The Labute approximate surface area is 217 Å². The van der Waals surface area contributed by atoms with E-state index >= 15 is 0 Å². The van der Waals surface area contributed by atoms with Gasteiger partial charge in [0, 0.05) is 12.2 Å². The number of ether oxygens (including phenoxy) is 1. The lowest BCUT2D eigenvalue weighted by molar-refractivity contribution is -0.144. The number of benzene rings is 3. The van der Waals surface area contributed by atoms with Crippen molar-refractivity contribution in [3.8, 4) is 0 Å². The Morgan fingerprint density at radius 2 is 1.26 bits per heavy atom. The lowest BCUT2D eigenvalue weighted by Crippen LogP contribution is -3.00. The highest BCUT2D eigenvalue weighted by molar-refractivity contribution is 7.98. The van der Waals surface area contributed by atoms with E-state index in [4.69, 9.17) is 10.5 Å². The molecule has 0 aliphatic rings. The number of carbonyl (C=O) groups is 2. The number of thioether (sulfide) groups is 1. The molecule has 0 heterocycles. The summed E-state index contributed by atoms with van der Waals surface area (Å²) in [6, 6.07) is 30.9. The predicted octanol–water partition coefficient (Wildman–Crippen LogP) is 0.567. The van der Waals surface area contributed by atoms with E-state index in [1.165, 1.54) is 27.7 Å². The van der Waals surface area contributed by atoms with Crippen LogP contribution in [0.4, 0.5) is 0 Å². The Morgan fingerprint density at radius 1 is 0.824 bits per heavy atom. The van der Waals surface area contributed by atoms with Gasteiger partial charge in [0.15, 0.2) is 5.78 Å². The SMILES string of the molecule is CSC[C@H](N)C(=O)CCC(=O)OCC[P+](c1ccccc1)(c1ccccc1)c1ccccc1.[Br-]. The van der Waals surface area contributed by atoms with Gasteiger partial charge in [-0.05, 0) is 42.7 Å². The number of rotatable bonds is 12.